The van der Waals surface area contributed by atoms with Crippen molar-refractivity contribution in [1.29, 1.82) is 5.26 Å². The van der Waals surface area contributed by atoms with Crippen molar-refractivity contribution in [1.82, 2.24) is 4.98 Å². The number of aromatic nitrogens is 1. The Bertz CT molecular complexity index is 744. The summed E-state index contributed by atoms with van der Waals surface area (Å²) >= 11 is 5.47. The van der Waals surface area contributed by atoms with Gasteiger partial charge in [-0.3, -0.25) is 0 Å². The van der Waals surface area contributed by atoms with Crippen molar-refractivity contribution < 1.29 is 9.13 Å². The van der Waals surface area contributed by atoms with E-state index in [4.69, 9.17) is 21.6 Å². The van der Waals surface area contributed by atoms with Crippen LogP contribution in [0.3, 0.4) is 0 Å². The van der Waals surface area contributed by atoms with Crippen molar-refractivity contribution in [3.63, 3.8) is 0 Å². The van der Waals surface area contributed by atoms with Gasteiger partial charge in [0.2, 0.25) is 0 Å². The fourth-order valence-corrected chi connectivity index (χ4v) is 1.71. The maximum atomic E-state index is 13.5. The molecule has 0 N–H and O–H groups in total. The third-order valence-electron chi connectivity index (χ3n) is 2.52. The number of nitriles is 1. The molecule has 0 fully saturated rings. The van der Waals surface area contributed by atoms with Gasteiger partial charge in [0.25, 0.3) is 0 Å². The molecule has 3 nitrogen and oxygen atoms in total. The van der Waals surface area contributed by atoms with Gasteiger partial charge in [0.05, 0.1) is 5.88 Å². The first-order valence-electron chi connectivity index (χ1n) is 6.04. The summed E-state index contributed by atoms with van der Waals surface area (Å²) in [6.45, 7) is 0.211. The van der Waals surface area contributed by atoms with Gasteiger partial charge in [-0.15, -0.1) is 11.6 Å². The smallest absolute Gasteiger partial charge is 0.140 e. The molecule has 0 aliphatic carbocycles. The van der Waals surface area contributed by atoms with Gasteiger partial charge in [-0.05, 0) is 29.8 Å². The van der Waals surface area contributed by atoms with Crippen molar-refractivity contribution in [2.45, 2.75) is 6.61 Å². The minimum atomic E-state index is -0.432. The number of halogens is 2. The Labute approximate surface area is 127 Å². The highest BCUT2D eigenvalue weighted by atomic mass is 35.5. The fourth-order valence-electron chi connectivity index (χ4n) is 1.65. The van der Waals surface area contributed by atoms with Crippen molar-refractivity contribution in [3.8, 4) is 23.7 Å². The van der Waals surface area contributed by atoms with Gasteiger partial charge in [0.15, 0.2) is 0 Å². The molecule has 21 heavy (non-hydrogen) atoms. The highest BCUT2D eigenvalue weighted by Crippen LogP contribution is 2.17. The molecule has 104 valence electrons. The van der Waals surface area contributed by atoms with Crippen molar-refractivity contribution in [2.24, 2.45) is 0 Å². The van der Waals surface area contributed by atoms with Crippen LogP contribution in [0.25, 0.3) is 0 Å². The van der Waals surface area contributed by atoms with E-state index in [9.17, 15) is 4.39 Å². The van der Waals surface area contributed by atoms with Crippen LogP contribution in [0, 0.1) is 29.0 Å². The Morgan fingerprint density at radius 1 is 1.29 bits per heavy atom. The van der Waals surface area contributed by atoms with Gasteiger partial charge >= 0.3 is 0 Å². The second-order valence-corrected chi connectivity index (χ2v) is 4.33. The molecule has 0 aliphatic heterocycles. The molecule has 2 rings (SSSR count). The number of alkyl halides is 1. The Kier molecular flexibility index (Phi) is 5.15. The minimum Gasteiger partial charge on any atom is -0.489 e. The molecule has 0 saturated carbocycles. The van der Waals surface area contributed by atoms with Gasteiger partial charge in [-0.2, -0.15) is 5.26 Å². The Hall–Kier alpha value is -2.56. The molecule has 0 unspecified atom stereocenters. The molecule has 1 aromatic carbocycles. The molecule has 0 radical (unpaired) electrons. The largest absolute Gasteiger partial charge is 0.489 e. The number of ether oxygens (including phenoxy) is 1. The van der Waals surface area contributed by atoms with Crippen molar-refractivity contribution in [3.05, 3.63) is 59.2 Å². The van der Waals surface area contributed by atoms with Crippen LogP contribution in [0.5, 0.6) is 5.75 Å². The van der Waals surface area contributed by atoms with Crippen molar-refractivity contribution >= 4 is 11.6 Å². The first kappa shape index (κ1) is 14.8. The van der Waals surface area contributed by atoms with E-state index in [2.05, 4.69) is 16.8 Å². The van der Waals surface area contributed by atoms with Gasteiger partial charge < -0.3 is 4.74 Å². The quantitative estimate of drug-likeness (QED) is 0.645. The molecule has 5 heteroatoms. The van der Waals surface area contributed by atoms with Crippen LogP contribution in [0.15, 0.2) is 36.5 Å². The molecule has 1 heterocycles. The zero-order valence-electron chi connectivity index (χ0n) is 10.9. The van der Waals surface area contributed by atoms with Crippen LogP contribution in [0.2, 0.25) is 0 Å². The van der Waals surface area contributed by atoms with E-state index < -0.39 is 5.82 Å². The monoisotopic (exact) mass is 300 g/mol. The summed E-state index contributed by atoms with van der Waals surface area (Å²) in [4.78, 5) is 3.87. The number of hydrogen-bond acceptors (Lipinski definition) is 3. The van der Waals surface area contributed by atoms with E-state index in [1.54, 1.807) is 18.2 Å². The van der Waals surface area contributed by atoms with E-state index in [0.29, 0.717) is 17.0 Å². The molecular weight excluding hydrogens is 291 g/mol. The highest BCUT2D eigenvalue weighted by molar-refractivity contribution is 6.19. The molecule has 0 amide bonds. The van der Waals surface area contributed by atoms with E-state index in [-0.39, 0.29) is 12.5 Å². The molecule has 0 atom stereocenters. The second kappa shape index (κ2) is 7.28. The predicted molar refractivity (Wildman–Crippen MR) is 77.3 cm³/mol. The molecule has 0 spiro atoms. The Morgan fingerprint density at radius 2 is 2.14 bits per heavy atom. The maximum Gasteiger partial charge on any atom is 0.140 e. The molecule has 1 aromatic heterocycles. The summed E-state index contributed by atoms with van der Waals surface area (Å²) in [6, 6.07) is 9.52. The number of nitrogens with zero attached hydrogens (tertiary/aromatic N) is 2. The van der Waals surface area contributed by atoms with Crippen LogP contribution in [-0.4, -0.2) is 10.9 Å². The molecule has 0 aliphatic rings. The van der Waals surface area contributed by atoms with Gasteiger partial charge in [-0.25, -0.2) is 9.37 Å². The van der Waals surface area contributed by atoms with Crippen LogP contribution >= 0.6 is 11.6 Å². The summed E-state index contributed by atoms with van der Waals surface area (Å²) in [5.41, 5.74) is 1.58. The molecular formula is C16H10ClFN2O. The van der Waals surface area contributed by atoms with Gasteiger partial charge in [0.1, 0.15) is 29.9 Å². The third kappa shape index (κ3) is 4.49. The number of rotatable bonds is 3. The lowest BCUT2D eigenvalue weighted by Crippen LogP contribution is -1.97. The lowest BCUT2D eigenvalue weighted by Gasteiger charge is -2.07. The van der Waals surface area contributed by atoms with E-state index >= 15 is 0 Å². The van der Waals surface area contributed by atoms with Crippen LogP contribution in [0.1, 0.15) is 16.8 Å². The van der Waals surface area contributed by atoms with E-state index in [1.165, 1.54) is 18.3 Å². The lowest BCUT2D eigenvalue weighted by atomic mass is 10.2. The first-order valence-corrected chi connectivity index (χ1v) is 6.58. The molecule has 2 aromatic rings. The van der Waals surface area contributed by atoms with E-state index in [1.807, 2.05) is 6.07 Å². The topological polar surface area (TPSA) is 45.9 Å². The van der Waals surface area contributed by atoms with Crippen molar-refractivity contribution in [2.75, 3.05) is 5.88 Å². The highest BCUT2D eigenvalue weighted by Gasteiger charge is 2.02. The zero-order chi connectivity index (χ0) is 15.1. The average molecular weight is 301 g/mol. The van der Waals surface area contributed by atoms with Crippen LogP contribution in [0.4, 0.5) is 4.39 Å². The first-order chi connectivity index (χ1) is 10.2. The molecule has 0 saturated heterocycles. The number of hydrogen-bond donors (Lipinski definition) is 0. The van der Waals surface area contributed by atoms with Gasteiger partial charge in [0, 0.05) is 17.8 Å². The summed E-state index contributed by atoms with van der Waals surface area (Å²) < 4.78 is 19.0. The standard InChI is InChI=1S/C16H10ClFN2O/c17-4-1-2-12-6-14(18)9-16(8-12)21-11-13-3-5-20-15(7-13)10-19/h3,5-9H,4,11H2. The van der Waals surface area contributed by atoms with E-state index in [0.717, 1.165) is 5.56 Å². The van der Waals surface area contributed by atoms with Gasteiger partial charge in [-0.1, -0.05) is 11.8 Å². The normalized spacial score (nSPS) is 9.38. The second-order valence-electron chi connectivity index (χ2n) is 4.06. The summed E-state index contributed by atoms with van der Waals surface area (Å²) in [5.74, 6) is 5.51. The lowest BCUT2D eigenvalue weighted by molar-refractivity contribution is 0.304. The zero-order valence-corrected chi connectivity index (χ0v) is 11.7. The summed E-state index contributed by atoms with van der Waals surface area (Å²) in [5, 5.41) is 8.77. The Morgan fingerprint density at radius 3 is 2.90 bits per heavy atom. The Balaban J connectivity index is 2.12. The number of benzene rings is 1. The SMILES string of the molecule is N#Cc1cc(COc2cc(F)cc(C#CCCl)c2)ccn1. The van der Waals surface area contributed by atoms with Crippen LogP contribution in [-0.2, 0) is 6.61 Å². The summed E-state index contributed by atoms with van der Waals surface area (Å²) in [7, 11) is 0. The minimum absolute atomic E-state index is 0.181. The summed E-state index contributed by atoms with van der Waals surface area (Å²) in [6.07, 6.45) is 1.53. The average Bonchev–Trinajstić information content (AvgIpc) is 2.50. The predicted octanol–water partition coefficient (Wildman–Crippen LogP) is 3.26. The maximum absolute atomic E-state index is 13.5. The van der Waals surface area contributed by atoms with Crippen LogP contribution < -0.4 is 4.74 Å². The fraction of sp³-hybridized carbons (Fsp3) is 0.125. The molecule has 0 bridgehead atoms. The third-order valence-corrected chi connectivity index (χ3v) is 2.65. The number of pyridine rings is 1.